The first kappa shape index (κ1) is 15.5. The van der Waals surface area contributed by atoms with E-state index in [0.29, 0.717) is 11.5 Å². The first-order chi connectivity index (χ1) is 9.86. The summed E-state index contributed by atoms with van der Waals surface area (Å²) in [5.41, 5.74) is 1.50. The fraction of sp³-hybridized carbons (Fsp3) is 0.429. The van der Waals surface area contributed by atoms with Gasteiger partial charge in [0.2, 0.25) is 0 Å². The number of halogens is 3. The van der Waals surface area contributed by atoms with Gasteiger partial charge < -0.3 is 4.52 Å². The molecule has 0 amide bonds. The summed E-state index contributed by atoms with van der Waals surface area (Å²) in [5, 5.41) is 3.92. The third kappa shape index (κ3) is 4.29. The third-order valence-corrected chi connectivity index (χ3v) is 3.11. The Hall–Kier alpha value is -1.89. The van der Waals surface area contributed by atoms with E-state index < -0.39 is 12.1 Å². The molecule has 7 heteroatoms. The molecule has 1 unspecified atom stereocenters. The smallest absolute Gasteiger partial charge is 0.359 e. The van der Waals surface area contributed by atoms with E-state index in [9.17, 15) is 13.2 Å². The molecule has 0 radical (unpaired) electrons. The maximum atomic E-state index is 12.5. The van der Waals surface area contributed by atoms with Crippen LogP contribution in [0.4, 0.5) is 13.2 Å². The van der Waals surface area contributed by atoms with E-state index in [1.807, 2.05) is 0 Å². The Kier molecular flexibility index (Phi) is 4.62. The minimum absolute atomic E-state index is 0.0885. The van der Waals surface area contributed by atoms with Crippen molar-refractivity contribution in [3.8, 4) is 11.3 Å². The maximum absolute atomic E-state index is 12.5. The normalized spacial score (nSPS) is 13.6. The Balaban J connectivity index is 1.97. The quantitative estimate of drug-likeness (QED) is 0.849. The van der Waals surface area contributed by atoms with Crippen molar-refractivity contribution in [2.45, 2.75) is 19.6 Å². The molecule has 0 bridgehead atoms. The fourth-order valence-electron chi connectivity index (χ4n) is 1.95. The fourth-order valence-corrected chi connectivity index (χ4v) is 1.95. The minimum atomic E-state index is -4.18. The summed E-state index contributed by atoms with van der Waals surface area (Å²) in [6.07, 6.45) is -0.903. The molecule has 4 nitrogen and oxygen atoms in total. The van der Waals surface area contributed by atoms with Crippen LogP contribution < -0.4 is 0 Å². The van der Waals surface area contributed by atoms with Crippen LogP contribution >= 0.6 is 0 Å². The van der Waals surface area contributed by atoms with E-state index in [-0.39, 0.29) is 13.1 Å². The number of rotatable bonds is 5. The van der Waals surface area contributed by atoms with Crippen molar-refractivity contribution in [2.75, 3.05) is 13.6 Å². The zero-order valence-corrected chi connectivity index (χ0v) is 11.8. The van der Waals surface area contributed by atoms with E-state index in [1.165, 1.54) is 6.92 Å². The molecular formula is C14H16F3N3O. The number of hydrogen-bond donors (Lipinski definition) is 0. The van der Waals surface area contributed by atoms with Crippen LogP contribution in [0.3, 0.4) is 0 Å². The second-order valence-electron chi connectivity index (χ2n) is 5.05. The van der Waals surface area contributed by atoms with Crippen LogP contribution in [0.2, 0.25) is 0 Å². The monoisotopic (exact) mass is 299 g/mol. The van der Waals surface area contributed by atoms with Crippen LogP contribution in [0.25, 0.3) is 11.3 Å². The average molecular weight is 299 g/mol. The van der Waals surface area contributed by atoms with E-state index in [4.69, 9.17) is 4.52 Å². The van der Waals surface area contributed by atoms with Crippen molar-refractivity contribution in [1.29, 1.82) is 0 Å². The molecule has 114 valence electrons. The van der Waals surface area contributed by atoms with Crippen LogP contribution in [-0.4, -0.2) is 34.8 Å². The number of hydrogen-bond acceptors (Lipinski definition) is 4. The average Bonchev–Trinajstić information content (AvgIpc) is 2.87. The van der Waals surface area contributed by atoms with Gasteiger partial charge in [-0.1, -0.05) is 12.1 Å². The van der Waals surface area contributed by atoms with Gasteiger partial charge in [-0.25, -0.2) is 0 Å². The van der Waals surface area contributed by atoms with E-state index in [1.54, 1.807) is 42.5 Å². The number of nitrogens with zero attached hydrogens (tertiary/aromatic N) is 3. The van der Waals surface area contributed by atoms with Crippen molar-refractivity contribution in [3.05, 3.63) is 36.4 Å². The molecular weight excluding hydrogens is 283 g/mol. The lowest BCUT2D eigenvalue weighted by molar-refractivity contribution is -0.173. The Bertz CT molecular complexity index is 568. The van der Waals surface area contributed by atoms with Crippen LogP contribution in [0, 0.1) is 5.92 Å². The molecule has 1 atom stereocenters. The highest BCUT2D eigenvalue weighted by Crippen LogP contribution is 2.26. The SMILES string of the molecule is CC(CN(C)Cc1cc(-c2ccncc2)no1)C(F)(F)F. The second-order valence-corrected chi connectivity index (χ2v) is 5.05. The molecule has 2 aromatic rings. The van der Waals surface area contributed by atoms with Crippen LogP contribution in [-0.2, 0) is 6.54 Å². The van der Waals surface area contributed by atoms with Crippen molar-refractivity contribution in [1.82, 2.24) is 15.0 Å². The second kappa shape index (κ2) is 6.26. The zero-order valence-electron chi connectivity index (χ0n) is 11.8. The molecule has 0 aliphatic heterocycles. The van der Waals surface area contributed by atoms with Crippen LogP contribution in [0.1, 0.15) is 12.7 Å². The lowest BCUT2D eigenvalue weighted by atomic mass is 10.1. The van der Waals surface area contributed by atoms with Crippen molar-refractivity contribution >= 4 is 0 Å². The highest BCUT2D eigenvalue weighted by Gasteiger charge is 2.36. The molecule has 0 spiro atoms. The molecule has 0 N–H and O–H groups in total. The Morgan fingerprint density at radius 2 is 1.95 bits per heavy atom. The highest BCUT2D eigenvalue weighted by molar-refractivity contribution is 5.57. The van der Waals surface area contributed by atoms with Gasteiger partial charge in [-0.2, -0.15) is 13.2 Å². The summed E-state index contributed by atoms with van der Waals surface area (Å²) in [7, 11) is 1.62. The first-order valence-electron chi connectivity index (χ1n) is 6.47. The molecule has 21 heavy (non-hydrogen) atoms. The largest absolute Gasteiger partial charge is 0.392 e. The molecule has 2 rings (SSSR count). The molecule has 0 fully saturated rings. The number of alkyl halides is 3. The Morgan fingerprint density at radius 1 is 1.29 bits per heavy atom. The van der Waals surface area contributed by atoms with Gasteiger partial charge in [-0.15, -0.1) is 0 Å². The van der Waals surface area contributed by atoms with Crippen LogP contribution in [0.5, 0.6) is 0 Å². The minimum Gasteiger partial charge on any atom is -0.359 e. The zero-order chi connectivity index (χ0) is 15.5. The van der Waals surface area contributed by atoms with Gasteiger partial charge in [0.15, 0.2) is 5.76 Å². The van der Waals surface area contributed by atoms with Gasteiger partial charge in [0.1, 0.15) is 5.69 Å². The third-order valence-electron chi connectivity index (χ3n) is 3.11. The summed E-state index contributed by atoms with van der Waals surface area (Å²) in [5.74, 6) is -0.858. The summed E-state index contributed by atoms with van der Waals surface area (Å²) in [4.78, 5) is 5.47. The molecule has 2 aromatic heterocycles. The van der Waals surface area contributed by atoms with Gasteiger partial charge in [-0.3, -0.25) is 9.88 Å². The van der Waals surface area contributed by atoms with E-state index in [2.05, 4.69) is 10.1 Å². The lowest BCUT2D eigenvalue weighted by Gasteiger charge is -2.21. The van der Waals surface area contributed by atoms with E-state index in [0.717, 1.165) is 5.56 Å². The first-order valence-corrected chi connectivity index (χ1v) is 6.47. The predicted octanol–water partition coefficient (Wildman–Crippen LogP) is 3.37. The van der Waals surface area contributed by atoms with Gasteiger partial charge in [0.05, 0.1) is 12.5 Å². The summed E-state index contributed by atoms with van der Waals surface area (Å²) < 4.78 is 42.7. The van der Waals surface area contributed by atoms with Gasteiger partial charge in [0, 0.05) is 30.6 Å². The van der Waals surface area contributed by atoms with Crippen molar-refractivity contribution in [3.63, 3.8) is 0 Å². The van der Waals surface area contributed by atoms with Gasteiger partial charge >= 0.3 is 6.18 Å². The maximum Gasteiger partial charge on any atom is 0.392 e. The Labute approximate surface area is 120 Å². The molecule has 0 saturated carbocycles. The molecule has 2 heterocycles. The standard InChI is InChI=1S/C14H16F3N3O/c1-10(14(15,16)17)8-20(2)9-12-7-13(19-21-12)11-3-5-18-6-4-11/h3-7,10H,8-9H2,1-2H3. The van der Waals surface area contributed by atoms with Gasteiger partial charge in [0.25, 0.3) is 0 Å². The topological polar surface area (TPSA) is 42.2 Å². The number of pyridine rings is 1. The molecule has 0 saturated heterocycles. The van der Waals surface area contributed by atoms with Crippen LogP contribution in [0.15, 0.2) is 35.1 Å². The molecule has 0 aliphatic carbocycles. The predicted molar refractivity (Wildman–Crippen MR) is 71.3 cm³/mol. The lowest BCUT2D eigenvalue weighted by Crippen LogP contribution is -2.32. The van der Waals surface area contributed by atoms with E-state index >= 15 is 0 Å². The van der Waals surface area contributed by atoms with Gasteiger partial charge in [-0.05, 0) is 19.2 Å². The van der Waals surface area contributed by atoms with Crippen molar-refractivity contribution in [2.24, 2.45) is 5.92 Å². The Morgan fingerprint density at radius 3 is 2.57 bits per heavy atom. The van der Waals surface area contributed by atoms with Crippen molar-refractivity contribution < 1.29 is 17.7 Å². The summed E-state index contributed by atoms with van der Waals surface area (Å²) in [6, 6.07) is 5.30. The highest BCUT2D eigenvalue weighted by atomic mass is 19.4. The summed E-state index contributed by atoms with van der Waals surface area (Å²) >= 11 is 0. The summed E-state index contributed by atoms with van der Waals surface area (Å²) in [6.45, 7) is 1.35. The molecule has 0 aromatic carbocycles. The number of aromatic nitrogens is 2. The molecule has 0 aliphatic rings.